The first kappa shape index (κ1) is 21.8. The first-order chi connectivity index (χ1) is 14.1. The molecule has 0 saturated heterocycles. The maximum atomic E-state index is 12.5. The third-order valence-corrected chi connectivity index (χ3v) is 5.96. The number of carbonyl (C=O) groups excluding carboxylic acids is 2. The molecular formula is C19H17ClN4O4S2. The summed E-state index contributed by atoms with van der Waals surface area (Å²) < 4.78 is 25.0. The number of sulfonamides is 1. The fraction of sp³-hybridized carbons (Fsp3) is 0.105. The number of rotatable bonds is 5. The van der Waals surface area contributed by atoms with E-state index in [4.69, 9.17) is 11.6 Å². The number of aromatic nitrogens is 1. The van der Waals surface area contributed by atoms with Crippen molar-refractivity contribution in [2.75, 3.05) is 11.0 Å². The molecule has 0 unspecified atom stereocenters. The third kappa shape index (κ3) is 5.35. The average molecular weight is 465 g/mol. The SMILES string of the molecule is Cc1nc(-c2ccccc2)sc1C(=O)NNC(=O)c1ccc(Cl)c(NS(C)(=O)=O)c1. The van der Waals surface area contributed by atoms with Gasteiger partial charge >= 0.3 is 0 Å². The van der Waals surface area contributed by atoms with Crippen molar-refractivity contribution >= 4 is 50.5 Å². The molecule has 0 aliphatic rings. The van der Waals surface area contributed by atoms with Crippen LogP contribution in [0.4, 0.5) is 5.69 Å². The molecule has 2 aromatic carbocycles. The van der Waals surface area contributed by atoms with Crippen LogP contribution >= 0.6 is 22.9 Å². The zero-order chi connectivity index (χ0) is 21.9. The summed E-state index contributed by atoms with van der Waals surface area (Å²) in [5, 5.41) is 0.827. The van der Waals surface area contributed by atoms with Crippen LogP contribution in [0.15, 0.2) is 48.5 Å². The van der Waals surface area contributed by atoms with Gasteiger partial charge in [0.2, 0.25) is 10.0 Å². The van der Waals surface area contributed by atoms with Gasteiger partial charge < -0.3 is 0 Å². The molecule has 3 aromatic rings. The molecule has 0 aliphatic heterocycles. The number of thiazole rings is 1. The van der Waals surface area contributed by atoms with Crippen LogP contribution in [0, 0.1) is 6.92 Å². The second kappa shape index (κ2) is 8.82. The van der Waals surface area contributed by atoms with Gasteiger partial charge in [-0.2, -0.15) is 0 Å². The summed E-state index contributed by atoms with van der Waals surface area (Å²) in [5.74, 6) is -1.15. The summed E-state index contributed by atoms with van der Waals surface area (Å²) in [4.78, 5) is 29.6. The lowest BCUT2D eigenvalue weighted by molar-refractivity contribution is 0.0848. The van der Waals surface area contributed by atoms with Crippen molar-refractivity contribution in [2.45, 2.75) is 6.92 Å². The molecule has 2 amide bonds. The van der Waals surface area contributed by atoms with E-state index in [1.54, 1.807) is 6.92 Å². The number of hydrogen-bond acceptors (Lipinski definition) is 6. The predicted molar refractivity (Wildman–Crippen MR) is 117 cm³/mol. The number of hydrogen-bond donors (Lipinski definition) is 3. The van der Waals surface area contributed by atoms with E-state index >= 15 is 0 Å². The van der Waals surface area contributed by atoms with Crippen LogP contribution < -0.4 is 15.6 Å². The molecule has 0 spiro atoms. The van der Waals surface area contributed by atoms with Crippen molar-refractivity contribution in [1.29, 1.82) is 0 Å². The zero-order valence-electron chi connectivity index (χ0n) is 15.9. The van der Waals surface area contributed by atoms with Gasteiger partial charge in [-0.05, 0) is 25.1 Å². The molecule has 0 atom stereocenters. The first-order valence-electron chi connectivity index (χ1n) is 8.55. The van der Waals surface area contributed by atoms with E-state index in [0.29, 0.717) is 15.6 Å². The topological polar surface area (TPSA) is 117 Å². The highest BCUT2D eigenvalue weighted by Crippen LogP contribution is 2.27. The number of nitrogens with one attached hydrogen (secondary N) is 3. The number of carbonyl (C=O) groups is 2. The van der Waals surface area contributed by atoms with Crippen molar-refractivity contribution in [2.24, 2.45) is 0 Å². The zero-order valence-corrected chi connectivity index (χ0v) is 18.3. The normalized spacial score (nSPS) is 11.0. The van der Waals surface area contributed by atoms with E-state index in [2.05, 4.69) is 20.6 Å². The Morgan fingerprint density at radius 3 is 2.37 bits per heavy atom. The van der Waals surface area contributed by atoms with E-state index < -0.39 is 21.8 Å². The molecule has 1 aromatic heterocycles. The minimum Gasteiger partial charge on any atom is -0.282 e. The smallest absolute Gasteiger partial charge is 0.281 e. The summed E-state index contributed by atoms with van der Waals surface area (Å²) >= 11 is 7.16. The molecule has 30 heavy (non-hydrogen) atoms. The molecule has 11 heteroatoms. The predicted octanol–water partition coefficient (Wildman–Crippen LogP) is 3.22. The lowest BCUT2D eigenvalue weighted by Crippen LogP contribution is -2.41. The van der Waals surface area contributed by atoms with Crippen LogP contribution in [0.5, 0.6) is 0 Å². The molecule has 0 saturated carbocycles. The Hall–Kier alpha value is -2.95. The van der Waals surface area contributed by atoms with Crippen LogP contribution in [-0.2, 0) is 10.0 Å². The lowest BCUT2D eigenvalue weighted by Gasteiger charge is -2.10. The van der Waals surface area contributed by atoms with Gasteiger partial charge in [0.25, 0.3) is 11.8 Å². The Morgan fingerprint density at radius 1 is 1.03 bits per heavy atom. The monoisotopic (exact) mass is 464 g/mol. The van der Waals surface area contributed by atoms with Gasteiger partial charge in [0, 0.05) is 11.1 Å². The molecule has 0 aliphatic carbocycles. The molecule has 0 fully saturated rings. The fourth-order valence-electron chi connectivity index (χ4n) is 2.50. The van der Waals surface area contributed by atoms with Gasteiger partial charge in [-0.1, -0.05) is 41.9 Å². The Balaban J connectivity index is 1.70. The Kier molecular flexibility index (Phi) is 6.40. The van der Waals surface area contributed by atoms with Gasteiger partial charge in [0.05, 0.1) is 22.7 Å². The average Bonchev–Trinajstić information content (AvgIpc) is 3.09. The van der Waals surface area contributed by atoms with E-state index in [1.165, 1.54) is 29.5 Å². The number of amides is 2. The summed E-state index contributed by atoms with van der Waals surface area (Å²) in [6.07, 6.45) is 0.970. The largest absolute Gasteiger partial charge is 0.282 e. The minimum atomic E-state index is -3.57. The van der Waals surface area contributed by atoms with Crippen molar-refractivity contribution < 1.29 is 18.0 Å². The standard InChI is InChI=1S/C19H17ClN4O4S2/c1-11-16(29-19(21-11)12-6-4-3-5-7-12)18(26)23-22-17(25)13-8-9-14(20)15(10-13)24-30(2,27)28/h3-10,24H,1-2H3,(H,22,25)(H,23,26). The number of benzene rings is 2. The van der Waals surface area contributed by atoms with E-state index in [1.807, 2.05) is 30.3 Å². The molecule has 1 heterocycles. The van der Waals surface area contributed by atoms with E-state index in [0.717, 1.165) is 11.8 Å². The van der Waals surface area contributed by atoms with Gasteiger partial charge in [0.15, 0.2) is 0 Å². The second-order valence-electron chi connectivity index (χ2n) is 6.28. The maximum Gasteiger partial charge on any atom is 0.281 e. The van der Waals surface area contributed by atoms with E-state index in [9.17, 15) is 18.0 Å². The molecule has 0 bridgehead atoms. The van der Waals surface area contributed by atoms with Crippen LogP contribution in [0.25, 0.3) is 10.6 Å². The van der Waals surface area contributed by atoms with Gasteiger partial charge in [-0.15, -0.1) is 11.3 Å². The second-order valence-corrected chi connectivity index (χ2v) is 9.43. The maximum absolute atomic E-state index is 12.5. The number of hydrazine groups is 1. The van der Waals surface area contributed by atoms with Crippen molar-refractivity contribution in [3.63, 3.8) is 0 Å². The van der Waals surface area contributed by atoms with Crippen LogP contribution in [0.1, 0.15) is 25.7 Å². The summed E-state index contributed by atoms with van der Waals surface area (Å²) in [5.41, 5.74) is 6.24. The third-order valence-electron chi connectivity index (χ3n) is 3.84. The highest BCUT2D eigenvalue weighted by molar-refractivity contribution is 7.92. The Bertz CT molecular complexity index is 1210. The molecule has 3 rings (SSSR count). The molecular weight excluding hydrogens is 448 g/mol. The summed E-state index contributed by atoms with van der Waals surface area (Å²) in [7, 11) is -3.57. The number of nitrogens with zero attached hydrogens (tertiary/aromatic N) is 1. The number of anilines is 1. The van der Waals surface area contributed by atoms with Crippen molar-refractivity contribution in [1.82, 2.24) is 15.8 Å². The fourth-order valence-corrected chi connectivity index (χ4v) is 4.25. The van der Waals surface area contributed by atoms with Crippen LogP contribution in [0.3, 0.4) is 0 Å². The Labute approximate surface area is 182 Å². The van der Waals surface area contributed by atoms with Gasteiger partial charge in [-0.3, -0.25) is 25.2 Å². The number of halogens is 1. The highest BCUT2D eigenvalue weighted by Gasteiger charge is 2.18. The molecule has 0 radical (unpaired) electrons. The summed E-state index contributed by atoms with van der Waals surface area (Å²) in [6, 6.07) is 13.5. The van der Waals surface area contributed by atoms with Crippen LogP contribution in [0.2, 0.25) is 5.02 Å². The Morgan fingerprint density at radius 2 is 1.70 bits per heavy atom. The number of aryl methyl sites for hydroxylation is 1. The first-order valence-corrected chi connectivity index (χ1v) is 11.6. The van der Waals surface area contributed by atoms with Crippen LogP contribution in [-0.4, -0.2) is 31.5 Å². The van der Waals surface area contributed by atoms with E-state index in [-0.39, 0.29) is 16.3 Å². The summed E-state index contributed by atoms with van der Waals surface area (Å²) in [6.45, 7) is 1.71. The van der Waals surface area contributed by atoms with Gasteiger partial charge in [0.1, 0.15) is 9.88 Å². The van der Waals surface area contributed by atoms with Gasteiger partial charge in [-0.25, -0.2) is 13.4 Å². The molecule has 156 valence electrons. The molecule has 3 N–H and O–H groups in total. The minimum absolute atomic E-state index is 0.0592. The van der Waals surface area contributed by atoms with Crippen molar-refractivity contribution in [3.8, 4) is 10.6 Å². The quantitative estimate of drug-likeness (QED) is 0.501. The molecule has 8 nitrogen and oxygen atoms in total. The van der Waals surface area contributed by atoms with Crippen molar-refractivity contribution in [3.05, 3.63) is 69.7 Å². The highest BCUT2D eigenvalue weighted by atomic mass is 35.5. The lowest BCUT2D eigenvalue weighted by atomic mass is 10.2.